The molecule has 2 rings (SSSR count). The zero-order valence-corrected chi connectivity index (χ0v) is 14.9. The minimum atomic E-state index is 0.267. The van der Waals surface area contributed by atoms with E-state index in [1.54, 1.807) is 12.1 Å². The zero-order valence-electron chi connectivity index (χ0n) is 11.7. The Hall–Kier alpha value is -1.20. The standard InChI is InChI=1S/C16H17Br2NO2/c1-2-7-21-16-14(17)8-11(9-15(16)18)10-19-12-3-5-13(20)6-4-12/h3-6,8-9,19-20H,2,7,10H2,1H3. The molecule has 0 radical (unpaired) electrons. The van der Waals surface area contributed by atoms with Crippen LogP contribution >= 0.6 is 31.9 Å². The van der Waals surface area contributed by atoms with Crippen molar-refractivity contribution in [3.8, 4) is 11.5 Å². The van der Waals surface area contributed by atoms with Gasteiger partial charge in [0.2, 0.25) is 0 Å². The van der Waals surface area contributed by atoms with E-state index in [1.165, 1.54) is 0 Å². The minimum Gasteiger partial charge on any atom is -0.508 e. The van der Waals surface area contributed by atoms with Crippen LogP contribution in [0.1, 0.15) is 18.9 Å². The van der Waals surface area contributed by atoms with E-state index in [4.69, 9.17) is 4.74 Å². The smallest absolute Gasteiger partial charge is 0.147 e. The van der Waals surface area contributed by atoms with Crippen LogP contribution in [0.5, 0.6) is 11.5 Å². The molecule has 0 saturated heterocycles. The van der Waals surface area contributed by atoms with E-state index in [0.717, 1.165) is 32.4 Å². The van der Waals surface area contributed by atoms with Gasteiger partial charge in [0.1, 0.15) is 11.5 Å². The van der Waals surface area contributed by atoms with Crippen molar-refractivity contribution in [3.63, 3.8) is 0 Å². The van der Waals surface area contributed by atoms with Crippen molar-refractivity contribution in [2.75, 3.05) is 11.9 Å². The molecule has 0 saturated carbocycles. The fourth-order valence-electron chi connectivity index (χ4n) is 1.84. The van der Waals surface area contributed by atoms with Gasteiger partial charge in [-0.3, -0.25) is 0 Å². The van der Waals surface area contributed by atoms with Crippen molar-refractivity contribution in [2.24, 2.45) is 0 Å². The average Bonchev–Trinajstić information content (AvgIpc) is 2.46. The van der Waals surface area contributed by atoms with Crippen LogP contribution in [0.4, 0.5) is 5.69 Å². The lowest BCUT2D eigenvalue weighted by Gasteiger charge is -2.12. The summed E-state index contributed by atoms with van der Waals surface area (Å²) < 4.78 is 7.58. The van der Waals surface area contributed by atoms with Crippen LogP contribution in [0.2, 0.25) is 0 Å². The van der Waals surface area contributed by atoms with E-state index < -0.39 is 0 Å². The molecule has 0 atom stereocenters. The molecule has 5 heteroatoms. The number of ether oxygens (including phenoxy) is 1. The third-order valence-electron chi connectivity index (χ3n) is 2.87. The Labute approximate surface area is 141 Å². The summed E-state index contributed by atoms with van der Waals surface area (Å²) in [5.74, 6) is 1.11. The molecule has 0 spiro atoms. The summed E-state index contributed by atoms with van der Waals surface area (Å²) in [4.78, 5) is 0. The van der Waals surface area contributed by atoms with E-state index >= 15 is 0 Å². The van der Waals surface area contributed by atoms with Gasteiger partial charge in [0.05, 0.1) is 15.6 Å². The Bertz CT molecular complexity index is 577. The molecular formula is C16H17Br2NO2. The number of halogens is 2. The van der Waals surface area contributed by atoms with Crippen molar-refractivity contribution in [3.05, 3.63) is 50.9 Å². The van der Waals surface area contributed by atoms with Gasteiger partial charge in [-0.2, -0.15) is 0 Å². The fourth-order valence-corrected chi connectivity index (χ4v) is 3.35. The van der Waals surface area contributed by atoms with Crippen LogP contribution < -0.4 is 10.1 Å². The molecule has 0 bridgehead atoms. The third-order valence-corrected chi connectivity index (χ3v) is 4.05. The maximum atomic E-state index is 9.26. The fraction of sp³-hybridized carbons (Fsp3) is 0.250. The van der Waals surface area contributed by atoms with Gasteiger partial charge in [0, 0.05) is 12.2 Å². The molecule has 0 unspecified atom stereocenters. The number of benzene rings is 2. The molecule has 2 aromatic carbocycles. The molecule has 0 aliphatic rings. The first-order valence-corrected chi connectivity index (χ1v) is 8.32. The molecule has 2 aromatic rings. The van der Waals surface area contributed by atoms with Gasteiger partial charge >= 0.3 is 0 Å². The molecule has 2 N–H and O–H groups in total. The molecule has 0 amide bonds. The predicted octanol–water partition coefficient (Wildman–Crippen LogP) is 5.32. The normalized spacial score (nSPS) is 10.4. The van der Waals surface area contributed by atoms with Crippen molar-refractivity contribution >= 4 is 37.5 Å². The highest BCUT2D eigenvalue weighted by Crippen LogP contribution is 2.35. The van der Waals surface area contributed by atoms with Gasteiger partial charge in [-0.25, -0.2) is 0 Å². The molecule has 0 aliphatic carbocycles. The van der Waals surface area contributed by atoms with Crippen molar-refractivity contribution in [1.82, 2.24) is 0 Å². The summed E-state index contributed by atoms with van der Waals surface area (Å²) in [5.41, 5.74) is 2.09. The van der Waals surface area contributed by atoms with Crippen LogP contribution in [0.3, 0.4) is 0 Å². The second kappa shape index (κ2) is 7.71. The summed E-state index contributed by atoms with van der Waals surface area (Å²) in [6.45, 7) is 3.47. The topological polar surface area (TPSA) is 41.5 Å². The van der Waals surface area contributed by atoms with Crippen LogP contribution in [0.15, 0.2) is 45.3 Å². The average molecular weight is 415 g/mol. The van der Waals surface area contributed by atoms with Crippen LogP contribution in [-0.2, 0) is 6.54 Å². The summed E-state index contributed by atoms with van der Waals surface area (Å²) in [7, 11) is 0. The SMILES string of the molecule is CCCOc1c(Br)cc(CNc2ccc(O)cc2)cc1Br. The Kier molecular flexibility index (Phi) is 5.94. The lowest BCUT2D eigenvalue weighted by Crippen LogP contribution is -2.01. The van der Waals surface area contributed by atoms with Crippen molar-refractivity contribution < 1.29 is 9.84 Å². The number of rotatable bonds is 6. The van der Waals surface area contributed by atoms with E-state index in [9.17, 15) is 5.11 Å². The summed E-state index contributed by atoms with van der Waals surface area (Å²) in [6, 6.07) is 11.1. The first-order valence-electron chi connectivity index (χ1n) is 6.73. The lowest BCUT2D eigenvalue weighted by atomic mass is 10.2. The largest absolute Gasteiger partial charge is 0.508 e. The molecule has 0 fully saturated rings. The number of hydrogen-bond acceptors (Lipinski definition) is 3. The van der Waals surface area contributed by atoms with E-state index in [2.05, 4.69) is 44.1 Å². The predicted molar refractivity (Wildman–Crippen MR) is 93.1 cm³/mol. The zero-order chi connectivity index (χ0) is 15.2. The first-order chi connectivity index (χ1) is 10.1. The molecule has 0 heterocycles. The number of hydrogen-bond donors (Lipinski definition) is 2. The number of aromatic hydroxyl groups is 1. The second-order valence-electron chi connectivity index (χ2n) is 4.64. The Morgan fingerprint density at radius 1 is 1.10 bits per heavy atom. The molecule has 112 valence electrons. The van der Waals surface area contributed by atoms with E-state index in [1.807, 2.05) is 24.3 Å². The Balaban J connectivity index is 2.05. The summed E-state index contributed by atoms with van der Waals surface area (Å²) >= 11 is 7.10. The molecular weight excluding hydrogens is 398 g/mol. The molecule has 0 aromatic heterocycles. The number of anilines is 1. The van der Waals surface area contributed by atoms with E-state index in [0.29, 0.717) is 13.2 Å². The summed E-state index contributed by atoms with van der Waals surface area (Å²) in [6.07, 6.45) is 0.975. The highest BCUT2D eigenvalue weighted by Gasteiger charge is 2.08. The van der Waals surface area contributed by atoms with Gasteiger partial charge in [0.25, 0.3) is 0 Å². The van der Waals surface area contributed by atoms with Crippen molar-refractivity contribution in [2.45, 2.75) is 19.9 Å². The highest BCUT2D eigenvalue weighted by atomic mass is 79.9. The maximum Gasteiger partial charge on any atom is 0.147 e. The van der Waals surface area contributed by atoms with Crippen LogP contribution in [-0.4, -0.2) is 11.7 Å². The molecule has 21 heavy (non-hydrogen) atoms. The summed E-state index contributed by atoms with van der Waals surface area (Å²) in [5, 5.41) is 12.6. The minimum absolute atomic E-state index is 0.267. The monoisotopic (exact) mass is 413 g/mol. The first kappa shape index (κ1) is 16.2. The highest BCUT2D eigenvalue weighted by molar-refractivity contribution is 9.11. The van der Waals surface area contributed by atoms with Gasteiger partial charge in [0.15, 0.2) is 0 Å². The third kappa shape index (κ3) is 4.64. The van der Waals surface area contributed by atoms with Gasteiger partial charge in [-0.15, -0.1) is 0 Å². The van der Waals surface area contributed by atoms with Crippen molar-refractivity contribution in [1.29, 1.82) is 0 Å². The quantitative estimate of drug-likeness (QED) is 0.628. The number of phenolic OH excluding ortho intramolecular Hbond substituents is 1. The Morgan fingerprint density at radius 3 is 2.29 bits per heavy atom. The van der Waals surface area contributed by atoms with E-state index in [-0.39, 0.29) is 5.75 Å². The van der Waals surface area contributed by atoms with Gasteiger partial charge in [-0.05, 0) is 80.2 Å². The number of nitrogens with one attached hydrogen (secondary N) is 1. The molecule has 0 aliphatic heterocycles. The lowest BCUT2D eigenvalue weighted by molar-refractivity contribution is 0.313. The van der Waals surface area contributed by atoms with Gasteiger partial charge in [-0.1, -0.05) is 6.92 Å². The number of phenols is 1. The maximum absolute atomic E-state index is 9.26. The van der Waals surface area contributed by atoms with Crippen LogP contribution in [0.25, 0.3) is 0 Å². The Morgan fingerprint density at radius 2 is 1.71 bits per heavy atom. The van der Waals surface area contributed by atoms with Gasteiger partial charge < -0.3 is 15.2 Å². The second-order valence-corrected chi connectivity index (χ2v) is 6.35. The molecule has 3 nitrogen and oxygen atoms in total. The van der Waals surface area contributed by atoms with Crippen LogP contribution in [0, 0.1) is 0 Å².